The highest BCUT2D eigenvalue weighted by Crippen LogP contribution is 2.17. The Morgan fingerprint density at radius 2 is 1.91 bits per heavy atom. The van der Waals surface area contributed by atoms with Gasteiger partial charge in [-0.2, -0.15) is 0 Å². The predicted octanol–water partition coefficient (Wildman–Crippen LogP) is 2.07. The van der Waals surface area contributed by atoms with Crippen LogP contribution in [0.1, 0.15) is 0 Å². The van der Waals surface area contributed by atoms with Gasteiger partial charge in [-0.05, 0) is 46.9 Å². The molecule has 0 bridgehead atoms. The maximum absolute atomic E-state index is 12.3. The fourth-order valence-corrected chi connectivity index (χ4v) is 3.11. The molecule has 0 saturated heterocycles. The summed E-state index contributed by atoms with van der Waals surface area (Å²) in [5.74, 6) is 0.713. The summed E-state index contributed by atoms with van der Waals surface area (Å²) in [5, 5.41) is 0. The van der Waals surface area contributed by atoms with Gasteiger partial charge in [0.15, 0.2) is 0 Å². The third-order valence-electron chi connectivity index (χ3n) is 2.78. The van der Waals surface area contributed by atoms with Gasteiger partial charge in [0.1, 0.15) is 24.3 Å². The van der Waals surface area contributed by atoms with Crippen molar-refractivity contribution in [1.82, 2.24) is 19.5 Å². The molecule has 2 aromatic heterocycles. The Morgan fingerprint density at radius 1 is 1.14 bits per heavy atom. The van der Waals surface area contributed by atoms with Crippen LogP contribution in [-0.2, 0) is 10.0 Å². The lowest BCUT2D eigenvalue weighted by molar-refractivity contribution is 0.601. The Labute approximate surface area is 140 Å². The zero-order valence-electron chi connectivity index (χ0n) is 11.1. The lowest BCUT2D eigenvalue weighted by atomic mass is 10.4. The Balaban J connectivity index is 1.89. The number of aromatic nitrogens is 4. The van der Waals surface area contributed by atoms with E-state index in [-0.39, 0.29) is 10.7 Å². The summed E-state index contributed by atoms with van der Waals surface area (Å²) in [6.45, 7) is 0. The van der Waals surface area contributed by atoms with E-state index in [2.05, 4.69) is 42.3 Å². The highest BCUT2D eigenvalue weighted by molar-refractivity contribution is 14.1. The molecule has 1 N–H and O–H groups in total. The fraction of sp³-hybridized carbons (Fsp3) is 0. The molecule has 9 heteroatoms. The minimum absolute atomic E-state index is 0.177. The van der Waals surface area contributed by atoms with Crippen molar-refractivity contribution in [3.63, 3.8) is 0 Å². The van der Waals surface area contributed by atoms with E-state index in [1.54, 1.807) is 47.6 Å². The summed E-state index contributed by atoms with van der Waals surface area (Å²) in [4.78, 5) is 12.1. The lowest BCUT2D eigenvalue weighted by Gasteiger charge is -2.08. The van der Waals surface area contributed by atoms with E-state index in [4.69, 9.17) is 0 Å². The zero-order chi connectivity index (χ0) is 15.6. The number of sulfonamides is 1. The number of rotatable bonds is 4. The molecule has 1 aromatic carbocycles. The molecule has 3 aromatic rings. The van der Waals surface area contributed by atoms with Gasteiger partial charge in [-0.3, -0.25) is 9.29 Å². The van der Waals surface area contributed by atoms with E-state index in [1.807, 2.05) is 0 Å². The largest absolute Gasteiger partial charge is 0.290 e. The van der Waals surface area contributed by atoms with Crippen molar-refractivity contribution >= 4 is 38.4 Å². The van der Waals surface area contributed by atoms with Crippen molar-refractivity contribution in [2.24, 2.45) is 0 Å². The average molecular weight is 427 g/mol. The van der Waals surface area contributed by atoms with E-state index in [0.29, 0.717) is 5.82 Å². The Kier molecular flexibility index (Phi) is 4.07. The number of imidazole rings is 1. The molecular formula is C13H10IN5O2S. The number of hydrogen-bond acceptors (Lipinski definition) is 5. The molecule has 0 atom stereocenters. The van der Waals surface area contributed by atoms with Crippen LogP contribution in [0.2, 0.25) is 0 Å². The molecule has 0 fully saturated rings. The molecule has 7 nitrogen and oxygen atoms in total. The Hall–Kier alpha value is -2.01. The van der Waals surface area contributed by atoms with E-state index >= 15 is 0 Å². The van der Waals surface area contributed by atoms with Gasteiger partial charge in [-0.15, -0.1) is 0 Å². The summed E-state index contributed by atoms with van der Waals surface area (Å²) < 4.78 is 29.7. The van der Waals surface area contributed by atoms with Crippen LogP contribution in [0.15, 0.2) is 60.3 Å². The Morgan fingerprint density at radius 3 is 2.59 bits per heavy atom. The summed E-state index contributed by atoms with van der Waals surface area (Å²) in [6, 6.07) is 8.08. The van der Waals surface area contributed by atoms with Crippen LogP contribution >= 0.6 is 22.6 Å². The molecule has 0 saturated carbocycles. The van der Waals surface area contributed by atoms with Crippen LogP contribution in [0.5, 0.6) is 0 Å². The number of halogens is 1. The van der Waals surface area contributed by atoms with E-state index < -0.39 is 10.0 Å². The minimum Gasteiger partial charge on any atom is -0.290 e. The Bertz CT molecular complexity index is 879. The first-order chi connectivity index (χ1) is 10.5. The third kappa shape index (κ3) is 3.25. The molecule has 3 rings (SSSR count). The maximum Gasteiger partial charge on any atom is 0.263 e. The van der Waals surface area contributed by atoms with Crippen LogP contribution in [0.4, 0.5) is 5.82 Å². The quantitative estimate of drug-likeness (QED) is 0.644. The number of anilines is 1. The summed E-state index contributed by atoms with van der Waals surface area (Å²) >= 11 is 2.11. The summed E-state index contributed by atoms with van der Waals surface area (Å²) in [5.41, 5.74) is 0. The first kappa shape index (κ1) is 14.9. The second-order valence-electron chi connectivity index (χ2n) is 4.29. The van der Waals surface area contributed by atoms with Crippen molar-refractivity contribution < 1.29 is 8.42 Å². The highest BCUT2D eigenvalue weighted by atomic mass is 127. The monoisotopic (exact) mass is 427 g/mol. The molecule has 0 radical (unpaired) electrons. The van der Waals surface area contributed by atoms with Crippen molar-refractivity contribution in [3.05, 3.63) is 59.0 Å². The molecule has 0 amide bonds. The van der Waals surface area contributed by atoms with Crippen LogP contribution in [-0.4, -0.2) is 27.9 Å². The van der Waals surface area contributed by atoms with Gasteiger partial charge >= 0.3 is 0 Å². The first-order valence-electron chi connectivity index (χ1n) is 6.13. The average Bonchev–Trinajstić information content (AvgIpc) is 3.02. The molecule has 2 heterocycles. The second kappa shape index (κ2) is 6.01. The topological polar surface area (TPSA) is 89.8 Å². The molecular weight excluding hydrogens is 417 g/mol. The third-order valence-corrected chi connectivity index (χ3v) is 4.87. The van der Waals surface area contributed by atoms with Crippen LogP contribution in [0.3, 0.4) is 0 Å². The number of nitrogens with one attached hydrogen (secondary N) is 1. The fourth-order valence-electron chi connectivity index (χ4n) is 1.75. The minimum atomic E-state index is -3.68. The zero-order valence-corrected chi connectivity index (χ0v) is 14.1. The molecule has 0 aliphatic carbocycles. The predicted molar refractivity (Wildman–Crippen MR) is 89.1 cm³/mol. The normalized spacial score (nSPS) is 11.3. The van der Waals surface area contributed by atoms with Gasteiger partial charge in [0.25, 0.3) is 10.0 Å². The van der Waals surface area contributed by atoms with Crippen molar-refractivity contribution in [2.75, 3.05) is 4.72 Å². The SMILES string of the molecule is O=S(=O)(Nc1cc(-n2ccnc2)ncn1)c1ccc(I)cc1. The van der Waals surface area contributed by atoms with Gasteiger partial charge in [0, 0.05) is 22.0 Å². The number of hydrogen-bond donors (Lipinski definition) is 1. The van der Waals surface area contributed by atoms with E-state index in [0.717, 1.165) is 3.57 Å². The van der Waals surface area contributed by atoms with Crippen LogP contribution in [0.25, 0.3) is 5.82 Å². The standard InChI is InChI=1S/C13H10IN5O2S/c14-10-1-3-11(4-2-10)22(20,21)18-12-7-13(17-8-16-12)19-6-5-15-9-19/h1-9H,(H,16,17,18). The summed E-state index contributed by atoms with van der Waals surface area (Å²) in [7, 11) is -3.68. The first-order valence-corrected chi connectivity index (χ1v) is 8.69. The van der Waals surface area contributed by atoms with Gasteiger partial charge in [-0.1, -0.05) is 0 Å². The molecule has 0 aliphatic heterocycles. The van der Waals surface area contributed by atoms with Gasteiger partial charge in [0.05, 0.1) is 4.90 Å². The van der Waals surface area contributed by atoms with Crippen LogP contribution < -0.4 is 4.72 Å². The number of benzene rings is 1. The smallest absolute Gasteiger partial charge is 0.263 e. The maximum atomic E-state index is 12.3. The lowest BCUT2D eigenvalue weighted by Crippen LogP contribution is -2.14. The van der Waals surface area contributed by atoms with E-state index in [9.17, 15) is 8.42 Å². The van der Waals surface area contributed by atoms with Gasteiger partial charge < -0.3 is 0 Å². The highest BCUT2D eigenvalue weighted by Gasteiger charge is 2.15. The molecule has 112 valence electrons. The number of nitrogens with zero attached hydrogens (tertiary/aromatic N) is 4. The summed E-state index contributed by atoms with van der Waals surface area (Å²) in [6.07, 6.45) is 6.18. The van der Waals surface area contributed by atoms with Crippen molar-refractivity contribution in [2.45, 2.75) is 4.90 Å². The van der Waals surface area contributed by atoms with Crippen LogP contribution in [0, 0.1) is 3.57 Å². The molecule has 0 aliphatic rings. The van der Waals surface area contributed by atoms with Gasteiger partial charge in [-0.25, -0.2) is 23.4 Å². The van der Waals surface area contributed by atoms with Crippen molar-refractivity contribution in [1.29, 1.82) is 0 Å². The molecule has 0 unspecified atom stereocenters. The van der Waals surface area contributed by atoms with Gasteiger partial charge in [0.2, 0.25) is 0 Å². The van der Waals surface area contributed by atoms with E-state index in [1.165, 1.54) is 12.4 Å². The molecule has 0 spiro atoms. The second-order valence-corrected chi connectivity index (χ2v) is 7.22. The van der Waals surface area contributed by atoms with Crippen molar-refractivity contribution in [3.8, 4) is 5.82 Å². The molecule has 22 heavy (non-hydrogen) atoms.